The minimum absolute atomic E-state index is 0.00441. The topological polar surface area (TPSA) is 83.6 Å². The van der Waals surface area contributed by atoms with Crippen molar-refractivity contribution in [3.05, 3.63) is 46.4 Å². The number of amides is 1. The molecule has 2 aromatic carbocycles. The normalized spacial score (nSPS) is 17.2. The maximum Gasteiger partial charge on any atom is 0.308 e. The summed E-state index contributed by atoms with van der Waals surface area (Å²) in [5, 5.41) is 9.86. The Balaban J connectivity index is 1.72. The highest BCUT2D eigenvalue weighted by molar-refractivity contribution is 6.43. The summed E-state index contributed by atoms with van der Waals surface area (Å²) in [6.07, 6.45) is -0.00441. The van der Waals surface area contributed by atoms with Crippen molar-refractivity contribution in [2.24, 2.45) is 5.92 Å². The summed E-state index contributed by atoms with van der Waals surface area (Å²) in [6, 6.07) is 10.3. The first-order valence-electron chi connectivity index (χ1n) is 7.82. The van der Waals surface area contributed by atoms with Gasteiger partial charge in [0.25, 0.3) is 0 Å². The molecule has 3 aromatic rings. The number of benzene rings is 2. The van der Waals surface area contributed by atoms with E-state index in [-0.39, 0.29) is 18.9 Å². The number of rotatable bonds is 3. The van der Waals surface area contributed by atoms with Crippen molar-refractivity contribution >= 4 is 51.9 Å². The number of hydrogen-bond donors (Lipinski definition) is 1. The Morgan fingerprint density at radius 1 is 1.27 bits per heavy atom. The van der Waals surface area contributed by atoms with Gasteiger partial charge in [-0.15, -0.1) is 0 Å². The fourth-order valence-electron chi connectivity index (χ4n) is 2.99. The monoisotopic (exact) mass is 390 g/mol. The van der Waals surface area contributed by atoms with Crippen molar-refractivity contribution < 1.29 is 19.1 Å². The second kappa shape index (κ2) is 6.30. The zero-order chi connectivity index (χ0) is 18.4. The maximum atomic E-state index is 12.1. The number of hydrogen-bond acceptors (Lipinski definition) is 4. The number of aliphatic carboxylic acids is 1. The van der Waals surface area contributed by atoms with Crippen LogP contribution in [-0.2, 0) is 9.59 Å². The number of aromatic nitrogens is 1. The molecule has 0 aliphatic carbocycles. The molecule has 1 N–H and O–H groups in total. The van der Waals surface area contributed by atoms with E-state index in [1.165, 1.54) is 4.90 Å². The second-order valence-electron chi connectivity index (χ2n) is 6.02. The minimum atomic E-state index is -0.971. The fourth-order valence-corrected chi connectivity index (χ4v) is 3.37. The molecule has 1 fully saturated rings. The molecule has 1 amide bonds. The number of carbonyl (C=O) groups is 2. The van der Waals surface area contributed by atoms with Gasteiger partial charge in [-0.2, -0.15) is 0 Å². The average Bonchev–Trinajstić information content (AvgIpc) is 3.20. The van der Waals surface area contributed by atoms with E-state index < -0.39 is 11.9 Å². The lowest BCUT2D eigenvalue weighted by Gasteiger charge is -2.15. The number of carbonyl (C=O) groups excluding carboxylic acids is 1. The van der Waals surface area contributed by atoms with Crippen LogP contribution in [0.3, 0.4) is 0 Å². The Hall–Kier alpha value is -2.57. The van der Waals surface area contributed by atoms with Crippen LogP contribution < -0.4 is 4.90 Å². The molecular weight excluding hydrogens is 379 g/mol. The summed E-state index contributed by atoms with van der Waals surface area (Å²) in [7, 11) is 0. The van der Waals surface area contributed by atoms with Crippen LogP contribution in [0.1, 0.15) is 6.42 Å². The Morgan fingerprint density at radius 3 is 2.81 bits per heavy atom. The van der Waals surface area contributed by atoms with Crippen molar-refractivity contribution in [2.45, 2.75) is 6.42 Å². The van der Waals surface area contributed by atoms with Crippen LogP contribution in [0.25, 0.3) is 22.6 Å². The molecule has 0 unspecified atom stereocenters. The molecule has 0 bridgehead atoms. The van der Waals surface area contributed by atoms with E-state index in [1.807, 2.05) is 0 Å². The fraction of sp³-hybridized carbons (Fsp3) is 0.167. The molecule has 26 heavy (non-hydrogen) atoms. The van der Waals surface area contributed by atoms with Gasteiger partial charge in [-0.25, -0.2) is 4.98 Å². The van der Waals surface area contributed by atoms with Crippen molar-refractivity contribution in [2.75, 3.05) is 11.4 Å². The lowest BCUT2D eigenvalue weighted by molar-refractivity contribution is -0.141. The average molecular weight is 391 g/mol. The van der Waals surface area contributed by atoms with E-state index in [2.05, 4.69) is 4.98 Å². The van der Waals surface area contributed by atoms with E-state index in [4.69, 9.17) is 32.7 Å². The van der Waals surface area contributed by atoms with Crippen LogP contribution in [0.4, 0.5) is 5.69 Å². The molecule has 0 saturated carbocycles. The highest BCUT2D eigenvalue weighted by atomic mass is 35.5. The zero-order valence-corrected chi connectivity index (χ0v) is 14.8. The van der Waals surface area contributed by atoms with E-state index >= 15 is 0 Å². The Morgan fingerprint density at radius 2 is 2.08 bits per heavy atom. The number of nitrogens with zero attached hydrogens (tertiary/aromatic N) is 2. The molecule has 0 spiro atoms. The summed E-state index contributed by atoms with van der Waals surface area (Å²) < 4.78 is 5.74. The molecule has 1 atom stereocenters. The van der Waals surface area contributed by atoms with Crippen LogP contribution in [0, 0.1) is 5.92 Å². The molecule has 8 heteroatoms. The van der Waals surface area contributed by atoms with Gasteiger partial charge in [0.05, 0.1) is 21.5 Å². The van der Waals surface area contributed by atoms with Gasteiger partial charge in [0.1, 0.15) is 5.52 Å². The van der Waals surface area contributed by atoms with Crippen molar-refractivity contribution in [3.8, 4) is 11.5 Å². The molecule has 1 aliphatic heterocycles. The van der Waals surface area contributed by atoms with Crippen molar-refractivity contribution in [3.63, 3.8) is 0 Å². The van der Waals surface area contributed by atoms with Gasteiger partial charge in [0.2, 0.25) is 11.8 Å². The van der Waals surface area contributed by atoms with E-state index in [0.717, 1.165) is 0 Å². The van der Waals surface area contributed by atoms with Crippen LogP contribution in [0.15, 0.2) is 40.8 Å². The smallest absolute Gasteiger partial charge is 0.308 e. The Kier molecular flexibility index (Phi) is 4.09. The van der Waals surface area contributed by atoms with Gasteiger partial charge < -0.3 is 14.4 Å². The lowest BCUT2D eigenvalue weighted by atomic mass is 10.1. The maximum absolute atomic E-state index is 12.1. The van der Waals surface area contributed by atoms with Crippen molar-refractivity contribution in [1.82, 2.24) is 4.98 Å². The predicted molar refractivity (Wildman–Crippen MR) is 97.6 cm³/mol. The molecule has 1 aliphatic rings. The third kappa shape index (κ3) is 2.81. The molecule has 1 aromatic heterocycles. The molecule has 4 rings (SSSR count). The zero-order valence-electron chi connectivity index (χ0n) is 13.3. The highest BCUT2D eigenvalue weighted by Gasteiger charge is 2.35. The SMILES string of the molecule is O=C(O)[C@H]1CC(=O)N(c2ccc3oc(-c4cccc(Cl)c4Cl)nc3c2)C1. The molecule has 6 nitrogen and oxygen atoms in total. The van der Waals surface area contributed by atoms with Crippen molar-refractivity contribution in [1.29, 1.82) is 0 Å². The summed E-state index contributed by atoms with van der Waals surface area (Å²) in [6.45, 7) is 0.143. The predicted octanol–water partition coefficient (Wildman–Crippen LogP) is 4.24. The Labute approximate surface area is 157 Å². The third-order valence-electron chi connectivity index (χ3n) is 4.34. The van der Waals surface area contributed by atoms with Crippen LogP contribution >= 0.6 is 23.2 Å². The summed E-state index contributed by atoms with van der Waals surface area (Å²) in [4.78, 5) is 29.1. The summed E-state index contributed by atoms with van der Waals surface area (Å²) in [5.74, 6) is -1.57. The van der Waals surface area contributed by atoms with Gasteiger partial charge in [0, 0.05) is 18.7 Å². The summed E-state index contributed by atoms with van der Waals surface area (Å²) in [5.41, 5.74) is 2.23. The van der Waals surface area contributed by atoms with Gasteiger partial charge in [-0.1, -0.05) is 29.3 Å². The van der Waals surface area contributed by atoms with E-state index in [1.54, 1.807) is 36.4 Å². The number of carboxylic acid groups (broad SMARTS) is 1. The summed E-state index contributed by atoms with van der Waals surface area (Å²) >= 11 is 12.3. The number of anilines is 1. The second-order valence-corrected chi connectivity index (χ2v) is 6.80. The molecule has 2 heterocycles. The van der Waals surface area contributed by atoms with Gasteiger partial charge >= 0.3 is 5.97 Å². The highest BCUT2D eigenvalue weighted by Crippen LogP contribution is 2.35. The number of carboxylic acids is 1. The van der Waals surface area contributed by atoms with Gasteiger partial charge in [-0.3, -0.25) is 9.59 Å². The molecule has 132 valence electrons. The number of halogens is 2. The molecular formula is C18H12Cl2N2O4. The van der Waals surface area contributed by atoms with Crippen LogP contribution in [-0.4, -0.2) is 28.5 Å². The Bertz CT molecular complexity index is 1050. The van der Waals surface area contributed by atoms with E-state index in [0.29, 0.717) is 38.3 Å². The molecule has 0 radical (unpaired) electrons. The standard InChI is InChI=1S/C18H12Cl2N2O4/c19-12-3-1-2-11(16(12)20)17-21-13-7-10(4-5-14(13)26-17)22-8-9(18(24)25)6-15(22)23/h1-5,7,9H,6,8H2,(H,24,25)/t9-/m0/s1. The van der Waals surface area contributed by atoms with Crippen LogP contribution in [0.5, 0.6) is 0 Å². The molecule has 1 saturated heterocycles. The first-order valence-corrected chi connectivity index (χ1v) is 8.58. The third-order valence-corrected chi connectivity index (χ3v) is 5.16. The minimum Gasteiger partial charge on any atom is -0.481 e. The first-order chi connectivity index (χ1) is 12.4. The first kappa shape index (κ1) is 16.9. The lowest BCUT2D eigenvalue weighted by Crippen LogP contribution is -2.25. The largest absolute Gasteiger partial charge is 0.481 e. The van der Waals surface area contributed by atoms with Gasteiger partial charge in [-0.05, 0) is 30.3 Å². The van der Waals surface area contributed by atoms with E-state index in [9.17, 15) is 9.59 Å². The number of fused-ring (bicyclic) bond motifs is 1. The van der Waals surface area contributed by atoms with Gasteiger partial charge in [0.15, 0.2) is 5.58 Å². The number of oxazole rings is 1. The van der Waals surface area contributed by atoms with Crippen LogP contribution in [0.2, 0.25) is 10.0 Å². The quantitative estimate of drug-likeness (QED) is 0.722.